The van der Waals surface area contributed by atoms with Crippen molar-refractivity contribution in [2.75, 3.05) is 29.9 Å². The van der Waals surface area contributed by atoms with Crippen LogP contribution in [-0.4, -0.2) is 36.9 Å². The zero-order chi connectivity index (χ0) is 17.0. The molecule has 6 heteroatoms. The van der Waals surface area contributed by atoms with E-state index in [4.69, 9.17) is 0 Å². The van der Waals surface area contributed by atoms with Gasteiger partial charge in [-0.15, -0.1) is 0 Å². The Labute approximate surface area is 136 Å². The molecule has 1 aromatic carbocycles. The number of rotatable bonds is 4. The van der Waals surface area contributed by atoms with Gasteiger partial charge in [0.25, 0.3) is 0 Å². The van der Waals surface area contributed by atoms with Gasteiger partial charge >= 0.3 is 6.03 Å². The van der Waals surface area contributed by atoms with Crippen molar-refractivity contribution in [3.8, 4) is 0 Å². The number of hydrogen-bond donors (Lipinski definition) is 3. The molecular weight excluding hydrogens is 297 g/mol. The number of aliphatic hydroxyl groups is 1. The lowest BCUT2D eigenvalue weighted by Gasteiger charge is -2.25. The van der Waals surface area contributed by atoms with Gasteiger partial charge in [-0.2, -0.15) is 0 Å². The molecule has 0 bridgehead atoms. The molecule has 0 aliphatic carbocycles. The van der Waals surface area contributed by atoms with Crippen molar-refractivity contribution in [1.82, 2.24) is 5.32 Å². The van der Waals surface area contributed by atoms with Crippen molar-refractivity contribution in [3.05, 3.63) is 24.0 Å². The van der Waals surface area contributed by atoms with Gasteiger partial charge in [-0.1, -0.05) is 20.8 Å². The minimum absolute atomic E-state index is 0.143. The Hall–Kier alpha value is -1.82. The summed E-state index contributed by atoms with van der Waals surface area (Å²) in [6.07, 6.45) is 1.51. The van der Waals surface area contributed by atoms with Gasteiger partial charge in [-0.25, -0.2) is 9.18 Å². The lowest BCUT2D eigenvalue weighted by atomic mass is 9.89. The first kappa shape index (κ1) is 17.5. The fourth-order valence-electron chi connectivity index (χ4n) is 2.47. The summed E-state index contributed by atoms with van der Waals surface area (Å²) in [4.78, 5) is 13.8. The first-order chi connectivity index (χ1) is 10.8. The van der Waals surface area contributed by atoms with Gasteiger partial charge in [0, 0.05) is 25.3 Å². The summed E-state index contributed by atoms with van der Waals surface area (Å²) in [6, 6.07) is 4.26. The SMILES string of the molecule is CC(C)(C)C(O)CNC(=O)Nc1ccc(N2CCCC2)c(F)c1. The summed E-state index contributed by atoms with van der Waals surface area (Å²) < 4.78 is 14.2. The molecule has 128 valence electrons. The molecule has 1 aromatic rings. The summed E-state index contributed by atoms with van der Waals surface area (Å²) in [7, 11) is 0. The maximum absolute atomic E-state index is 14.2. The Bertz CT molecular complexity index is 551. The molecule has 1 atom stereocenters. The number of carbonyl (C=O) groups is 1. The van der Waals surface area contributed by atoms with Gasteiger partial charge in [-0.05, 0) is 36.5 Å². The lowest BCUT2D eigenvalue weighted by Crippen LogP contribution is -2.40. The Morgan fingerprint density at radius 2 is 2.00 bits per heavy atom. The second-order valence-corrected chi connectivity index (χ2v) is 7.08. The normalized spacial score (nSPS) is 16.3. The summed E-state index contributed by atoms with van der Waals surface area (Å²) in [5.74, 6) is -0.334. The van der Waals surface area contributed by atoms with Gasteiger partial charge in [0.15, 0.2) is 0 Å². The number of urea groups is 1. The maximum Gasteiger partial charge on any atom is 0.319 e. The van der Waals surface area contributed by atoms with Crippen LogP contribution in [0.5, 0.6) is 0 Å². The molecule has 5 nitrogen and oxygen atoms in total. The first-order valence-corrected chi connectivity index (χ1v) is 8.05. The van der Waals surface area contributed by atoms with E-state index in [9.17, 15) is 14.3 Å². The predicted octanol–water partition coefficient (Wildman–Crippen LogP) is 2.95. The fraction of sp³-hybridized carbons (Fsp3) is 0.588. The van der Waals surface area contributed by atoms with Crippen LogP contribution in [0.15, 0.2) is 18.2 Å². The van der Waals surface area contributed by atoms with E-state index < -0.39 is 12.1 Å². The van der Waals surface area contributed by atoms with Crippen LogP contribution in [-0.2, 0) is 0 Å². The van der Waals surface area contributed by atoms with Crippen molar-refractivity contribution < 1.29 is 14.3 Å². The number of carbonyl (C=O) groups excluding carboxylic acids is 1. The molecule has 1 heterocycles. The molecule has 1 saturated heterocycles. The van der Waals surface area contributed by atoms with Crippen LogP contribution < -0.4 is 15.5 Å². The van der Waals surface area contributed by atoms with Crippen molar-refractivity contribution >= 4 is 17.4 Å². The van der Waals surface area contributed by atoms with Gasteiger partial charge in [0.1, 0.15) is 5.82 Å². The second-order valence-electron chi connectivity index (χ2n) is 7.08. The topological polar surface area (TPSA) is 64.6 Å². The van der Waals surface area contributed by atoms with E-state index in [-0.39, 0.29) is 17.8 Å². The molecule has 0 spiro atoms. The predicted molar refractivity (Wildman–Crippen MR) is 90.3 cm³/mol. The highest BCUT2D eigenvalue weighted by atomic mass is 19.1. The minimum Gasteiger partial charge on any atom is -0.391 e. The van der Waals surface area contributed by atoms with Gasteiger partial charge in [-0.3, -0.25) is 0 Å². The van der Waals surface area contributed by atoms with E-state index in [2.05, 4.69) is 10.6 Å². The van der Waals surface area contributed by atoms with Crippen LogP contribution in [0.25, 0.3) is 0 Å². The summed E-state index contributed by atoms with van der Waals surface area (Å²) in [5.41, 5.74) is 0.668. The molecule has 2 rings (SSSR count). The smallest absolute Gasteiger partial charge is 0.319 e. The van der Waals surface area contributed by atoms with Crippen LogP contribution in [0.2, 0.25) is 0 Å². The summed E-state index contributed by atoms with van der Waals surface area (Å²) >= 11 is 0. The summed E-state index contributed by atoms with van der Waals surface area (Å²) in [6.45, 7) is 7.56. The third kappa shape index (κ3) is 4.82. The number of amides is 2. The maximum atomic E-state index is 14.2. The van der Waals surface area contributed by atoms with E-state index in [0.29, 0.717) is 11.4 Å². The number of benzene rings is 1. The molecule has 1 aliphatic heterocycles. The number of hydrogen-bond acceptors (Lipinski definition) is 3. The molecule has 0 aromatic heterocycles. The van der Waals surface area contributed by atoms with Crippen LogP contribution in [0.1, 0.15) is 33.6 Å². The molecule has 2 amide bonds. The average Bonchev–Trinajstić information content (AvgIpc) is 2.97. The number of nitrogens with one attached hydrogen (secondary N) is 2. The Kier molecular flexibility index (Phi) is 5.46. The molecule has 0 radical (unpaired) electrons. The van der Waals surface area contributed by atoms with Crippen LogP contribution in [0.3, 0.4) is 0 Å². The number of nitrogens with zero attached hydrogens (tertiary/aromatic N) is 1. The third-order valence-electron chi connectivity index (χ3n) is 4.11. The summed E-state index contributed by atoms with van der Waals surface area (Å²) in [5, 5.41) is 15.1. The van der Waals surface area contributed by atoms with Gasteiger partial charge in [0.05, 0.1) is 11.8 Å². The molecule has 1 aliphatic rings. The van der Waals surface area contributed by atoms with E-state index in [1.807, 2.05) is 25.7 Å². The van der Waals surface area contributed by atoms with E-state index in [1.54, 1.807) is 12.1 Å². The first-order valence-electron chi connectivity index (χ1n) is 8.05. The zero-order valence-corrected chi connectivity index (χ0v) is 14.0. The molecule has 1 fully saturated rings. The highest BCUT2D eigenvalue weighted by Gasteiger charge is 2.22. The van der Waals surface area contributed by atoms with Crippen LogP contribution in [0, 0.1) is 11.2 Å². The third-order valence-corrected chi connectivity index (χ3v) is 4.11. The van der Waals surface area contributed by atoms with Crippen molar-refractivity contribution in [1.29, 1.82) is 0 Å². The van der Waals surface area contributed by atoms with Crippen molar-refractivity contribution in [2.24, 2.45) is 5.41 Å². The number of aliphatic hydroxyl groups excluding tert-OH is 1. The molecule has 3 N–H and O–H groups in total. The molecule has 1 unspecified atom stereocenters. The number of halogens is 1. The van der Waals surface area contributed by atoms with Gasteiger partial charge < -0.3 is 20.6 Å². The highest BCUT2D eigenvalue weighted by molar-refractivity contribution is 5.89. The second kappa shape index (κ2) is 7.17. The van der Waals surface area contributed by atoms with E-state index >= 15 is 0 Å². The van der Waals surface area contributed by atoms with E-state index in [0.717, 1.165) is 25.9 Å². The largest absolute Gasteiger partial charge is 0.391 e. The number of anilines is 2. The Morgan fingerprint density at radius 3 is 2.57 bits per heavy atom. The monoisotopic (exact) mass is 323 g/mol. The zero-order valence-electron chi connectivity index (χ0n) is 14.0. The van der Waals surface area contributed by atoms with E-state index in [1.165, 1.54) is 6.07 Å². The standard InChI is InChI=1S/C17H26FN3O2/c1-17(2,3)15(22)11-19-16(23)20-12-6-7-14(13(18)10-12)21-8-4-5-9-21/h6-7,10,15,22H,4-5,8-9,11H2,1-3H3,(H2,19,20,23). The fourth-order valence-corrected chi connectivity index (χ4v) is 2.47. The van der Waals surface area contributed by atoms with Crippen molar-refractivity contribution in [2.45, 2.75) is 39.7 Å². The average molecular weight is 323 g/mol. The highest BCUT2D eigenvalue weighted by Crippen LogP contribution is 2.26. The molecule has 23 heavy (non-hydrogen) atoms. The van der Waals surface area contributed by atoms with Crippen LogP contribution in [0.4, 0.5) is 20.6 Å². The minimum atomic E-state index is -0.650. The lowest BCUT2D eigenvalue weighted by molar-refractivity contribution is 0.0654. The van der Waals surface area contributed by atoms with Gasteiger partial charge in [0.2, 0.25) is 0 Å². The Balaban J connectivity index is 1.90. The molecule has 0 saturated carbocycles. The molecular formula is C17H26FN3O2. The van der Waals surface area contributed by atoms with Crippen molar-refractivity contribution in [3.63, 3.8) is 0 Å². The van der Waals surface area contributed by atoms with Crippen LogP contribution >= 0.6 is 0 Å². The Morgan fingerprint density at radius 1 is 1.35 bits per heavy atom. The quantitative estimate of drug-likeness (QED) is 0.798.